The number of carboxylic acid groups (broad SMARTS) is 1. The molecule has 0 radical (unpaired) electrons. The van der Waals surface area contributed by atoms with Gasteiger partial charge in [0.2, 0.25) is 5.76 Å². The molecule has 5 heteroatoms. The Balaban J connectivity index is 2.23. The van der Waals surface area contributed by atoms with Crippen LogP contribution in [0.2, 0.25) is 5.02 Å². The Morgan fingerprint density at radius 1 is 1.05 bits per heavy atom. The summed E-state index contributed by atoms with van der Waals surface area (Å²) < 4.78 is 10.4. The summed E-state index contributed by atoms with van der Waals surface area (Å²) in [6.45, 7) is 0. The zero-order valence-corrected chi connectivity index (χ0v) is 12.0. The summed E-state index contributed by atoms with van der Waals surface area (Å²) in [5.74, 6) is -0.229. The highest BCUT2D eigenvalue weighted by Crippen LogP contribution is 2.20. The van der Waals surface area contributed by atoms with Crippen LogP contribution in [0.5, 0.6) is 11.5 Å². The lowest BCUT2D eigenvalue weighted by Gasteiger charge is -2.07. The molecule has 1 N–H and O–H groups in total. The molecule has 0 aliphatic heterocycles. The zero-order valence-electron chi connectivity index (χ0n) is 11.2. The third-order valence-corrected chi connectivity index (χ3v) is 2.92. The molecule has 108 valence electrons. The summed E-state index contributed by atoms with van der Waals surface area (Å²) in [5.41, 5.74) is 0.696. The number of hydrogen-bond acceptors (Lipinski definition) is 3. The van der Waals surface area contributed by atoms with E-state index in [2.05, 4.69) is 0 Å². The number of rotatable bonds is 5. The molecule has 0 amide bonds. The van der Waals surface area contributed by atoms with Crippen molar-refractivity contribution in [1.82, 2.24) is 0 Å². The molecule has 0 aliphatic rings. The Labute approximate surface area is 127 Å². The quantitative estimate of drug-likeness (QED) is 0.673. The van der Waals surface area contributed by atoms with Crippen molar-refractivity contribution in [2.45, 2.75) is 0 Å². The van der Waals surface area contributed by atoms with Gasteiger partial charge >= 0.3 is 5.97 Å². The number of carbonyl (C=O) groups is 1. The van der Waals surface area contributed by atoms with Crippen molar-refractivity contribution in [3.05, 3.63) is 64.9 Å². The molecular formula is C16H13ClO4. The van der Waals surface area contributed by atoms with E-state index in [1.165, 1.54) is 6.08 Å². The molecule has 21 heavy (non-hydrogen) atoms. The smallest absolute Gasteiger partial charge is 0.371 e. The standard InChI is InChI=1S/C16H13ClO4/c1-20-13-6-2-11(3-7-13)10-15(16(18)19)21-14-8-4-12(17)5-9-14/h2-10H,1H3,(H,18,19)/b15-10+. The van der Waals surface area contributed by atoms with Gasteiger partial charge in [-0.15, -0.1) is 0 Å². The van der Waals surface area contributed by atoms with Gasteiger partial charge in [-0.1, -0.05) is 23.7 Å². The maximum absolute atomic E-state index is 11.3. The van der Waals surface area contributed by atoms with E-state index >= 15 is 0 Å². The van der Waals surface area contributed by atoms with Gasteiger partial charge < -0.3 is 14.6 Å². The normalized spacial score (nSPS) is 11.0. The topological polar surface area (TPSA) is 55.8 Å². The van der Waals surface area contributed by atoms with Crippen LogP contribution in [0.3, 0.4) is 0 Å². The minimum absolute atomic E-state index is 0.178. The number of carboxylic acids is 1. The van der Waals surface area contributed by atoms with Crippen LogP contribution >= 0.6 is 11.6 Å². The second kappa shape index (κ2) is 6.81. The number of hydrogen-bond donors (Lipinski definition) is 1. The number of benzene rings is 2. The van der Waals surface area contributed by atoms with Crippen molar-refractivity contribution < 1.29 is 19.4 Å². The SMILES string of the molecule is COc1ccc(/C=C(/Oc2ccc(Cl)cc2)C(=O)O)cc1. The van der Waals surface area contributed by atoms with Crippen LogP contribution in [0, 0.1) is 0 Å². The predicted molar refractivity (Wildman–Crippen MR) is 80.7 cm³/mol. The van der Waals surface area contributed by atoms with Gasteiger partial charge in [-0.05, 0) is 48.0 Å². The highest BCUT2D eigenvalue weighted by atomic mass is 35.5. The van der Waals surface area contributed by atoms with E-state index in [1.807, 2.05) is 0 Å². The van der Waals surface area contributed by atoms with E-state index < -0.39 is 5.97 Å². The molecule has 2 aromatic carbocycles. The summed E-state index contributed by atoms with van der Waals surface area (Å²) in [4.78, 5) is 11.3. The fourth-order valence-corrected chi connectivity index (χ4v) is 1.74. The molecule has 0 fully saturated rings. The summed E-state index contributed by atoms with van der Waals surface area (Å²) in [5, 5.41) is 9.76. The third kappa shape index (κ3) is 4.26. The van der Waals surface area contributed by atoms with E-state index in [-0.39, 0.29) is 5.76 Å². The van der Waals surface area contributed by atoms with Crippen LogP contribution in [0.4, 0.5) is 0 Å². The summed E-state index contributed by atoms with van der Waals surface area (Å²) in [6.07, 6.45) is 1.44. The molecule has 0 aliphatic carbocycles. The molecular weight excluding hydrogens is 292 g/mol. The Morgan fingerprint density at radius 2 is 1.62 bits per heavy atom. The van der Waals surface area contributed by atoms with Crippen molar-refractivity contribution in [1.29, 1.82) is 0 Å². The fraction of sp³-hybridized carbons (Fsp3) is 0.0625. The minimum Gasteiger partial charge on any atom is -0.497 e. The molecule has 0 heterocycles. The predicted octanol–water partition coefficient (Wildman–Crippen LogP) is 3.85. The zero-order chi connectivity index (χ0) is 15.2. The first kappa shape index (κ1) is 14.9. The monoisotopic (exact) mass is 304 g/mol. The summed E-state index contributed by atoms with van der Waals surface area (Å²) in [7, 11) is 1.57. The average Bonchev–Trinajstić information content (AvgIpc) is 2.49. The second-order valence-corrected chi connectivity index (χ2v) is 4.58. The highest BCUT2D eigenvalue weighted by molar-refractivity contribution is 6.30. The maximum Gasteiger partial charge on any atom is 0.371 e. The largest absolute Gasteiger partial charge is 0.497 e. The lowest BCUT2D eigenvalue weighted by atomic mass is 10.2. The van der Waals surface area contributed by atoms with Crippen molar-refractivity contribution in [3.8, 4) is 11.5 Å². The first-order valence-electron chi connectivity index (χ1n) is 6.11. The van der Waals surface area contributed by atoms with Gasteiger partial charge in [0.05, 0.1) is 7.11 Å². The molecule has 0 spiro atoms. The molecule has 0 bridgehead atoms. The summed E-state index contributed by atoms with van der Waals surface area (Å²) in [6, 6.07) is 13.4. The fourth-order valence-electron chi connectivity index (χ4n) is 1.62. The van der Waals surface area contributed by atoms with Gasteiger partial charge in [0.15, 0.2) is 0 Å². The van der Waals surface area contributed by atoms with Gasteiger partial charge in [-0.2, -0.15) is 0 Å². The van der Waals surface area contributed by atoms with E-state index in [0.717, 1.165) is 0 Å². The molecule has 0 aromatic heterocycles. The molecule has 0 unspecified atom stereocenters. The van der Waals surface area contributed by atoms with Crippen molar-refractivity contribution >= 4 is 23.6 Å². The van der Waals surface area contributed by atoms with Crippen LogP contribution in [-0.4, -0.2) is 18.2 Å². The maximum atomic E-state index is 11.3. The number of halogens is 1. The molecule has 0 saturated carbocycles. The van der Waals surface area contributed by atoms with E-state index in [9.17, 15) is 9.90 Å². The number of aliphatic carboxylic acids is 1. The van der Waals surface area contributed by atoms with Crippen LogP contribution in [0.15, 0.2) is 54.3 Å². The van der Waals surface area contributed by atoms with Crippen LogP contribution in [0.25, 0.3) is 6.08 Å². The Morgan fingerprint density at radius 3 is 2.14 bits per heavy atom. The van der Waals surface area contributed by atoms with Crippen LogP contribution in [-0.2, 0) is 4.79 Å². The van der Waals surface area contributed by atoms with Crippen molar-refractivity contribution in [2.24, 2.45) is 0 Å². The van der Waals surface area contributed by atoms with Crippen molar-refractivity contribution in [2.75, 3.05) is 7.11 Å². The van der Waals surface area contributed by atoms with Gasteiger partial charge in [-0.25, -0.2) is 4.79 Å². The molecule has 2 rings (SSSR count). The Hall–Kier alpha value is -2.46. The van der Waals surface area contributed by atoms with Crippen LogP contribution < -0.4 is 9.47 Å². The summed E-state index contributed by atoms with van der Waals surface area (Å²) >= 11 is 5.77. The molecule has 0 atom stereocenters. The molecule has 4 nitrogen and oxygen atoms in total. The van der Waals surface area contributed by atoms with Crippen molar-refractivity contribution in [3.63, 3.8) is 0 Å². The minimum atomic E-state index is -1.15. The van der Waals surface area contributed by atoms with Gasteiger partial charge in [0, 0.05) is 5.02 Å². The van der Waals surface area contributed by atoms with E-state index in [0.29, 0.717) is 22.1 Å². The highest BCUT2D eigenvalue weighted by Gasteiger charge is 2.10. The third-order valence-electron chi connectivity index (χ3n) is 2.67. The average molecular weight is 305 g/mol. The van der Waals surface area contributed by atoms with E-state index in [1.54, 1.807) is 55.6 Å². The lowest BCUT2D eigenvalue weighted by molar-refractivity contribution is -0.134. The Kier molecular flexibility index (Phi) is 4.85. The Bertz CT molecular complexity index is 645. The van der Waals surface area contributed by atoms with Gasteiger partial charge in [0.25, 0.3) is 0 Å². The second-order valence-electron chi connectivity index (χ2n) is 4.14. The van der Waals surface area contributed by atoms with Gasteiger partial charge in [-0.3, -0.25) is 0 Å². The van der Waals surface area contributed by atoms with E-state index in [4.69, 9.17) is 21.1 Å². The lowest BCUT2D eigenvalue weighted by Crippen LogP contribution is -2.07. The molecule has 2 aromatic rings. The number of ether oxygens (including phenoxy) is 2. The molecule has 0 saturated heterocycles. The first-order valence-corrected chi connectivity index (χ1v) is 6.49. The van der Waals surface area contributed by atoms with Crippen LogP contribution in [0.1, 0.15) is 5.56 Å². The van der Waals surface area contributed by atoms with Gasteiger partial charge in [0.1, 0.15) is 11.5 Å². The number of methoxy groups -OCH3 is 1. The first-order chi connectivity index (χ1) is 10.1.